The van der Waals surface area contributed by atoms with Crippen LogP contribution in [0.5, 0.6) is 0 Å². The molecule has 0 aliphatic heterocycles. The van der Waals surface area contributed by atoms with Crippen LogP contribution in [0, 0.1) is 5.82 Å². The van der Waals surface area contributed by atoms with Crippen molar-refractivity contribution >= 4 is 34.8 Å². The van der Waals surface area contributed by atoms with E-state index in [4.69, 9.17) is 34.8 Å². The average molecular weight is 277 g/mol. The Balaban J connectivity index is 2.68. The van der Waals surface area contributed by atoms with Gasteiger partial charge in [0.1, 0.15) is 5.82 Å². The number of hydrogen-bond acceptors (Lipinski definition) is 1. The van der Waals surface area contributed by atoms with Gasteiger partial charge in [0.15, 0.2) is 0 Å². The van der Waals surface area contributed by atoms with Crippen molar-refractivity contribution in [3.05, 3.63) is 51.3 Å². The molecule has 1 aromatic carbocycles. The van der Waals surface area contributed by atoms with Crippen LogP contribution in [0.1, 0.15) is 0 Å². The van der Waals surface area contributed by atoms with Crippen molar-refractivity contribution in [1.29, 1.82) is 0 Å². The fourth-order valence-corrected chi connectivity index (χ4v) is 2.15. The van der Waals surface area contributed by atoms with E-state index in [1.807, 2.05) is 0 Å². The van der Waals surface area contributed by atoms with Gasteiger partial charge < -0.3 is 0 Å². The number of rotatable bonds is 1. The summed E-state index contributed by atoms with van der Waals surface area (Å²) >= 11 is 17.9. The van der Waals surface area contributed by atoms with Crippen LogP contribution in [-0.4, -0.2) is 4.98 Å². The third-order valence-electron chi connectivity index (χ3n) is 2.01. The fraction of sp³-hybridized carbons (Fsp3) is 0. The molecule has 0 amide bonds. The minimum atomic E-state index is -0.503. The number of hydrogen-bond donors (Lipinski definition) is 0. The molecule has 2 aromatic rings. The van der Waals surface area contributed by atoms with Crippen molar-refractivity contribution in [3.8, 4) is 11.3 Å². The first-order valence-corrected chi connectivity index (χ1v) is 5.48. The number of halogens is 4. The second-order valence-electron chi connectivity index (χ2n) is 3.08. The molecular formula is C11H5Cl3FN. The molecule has 0 spiro atoms. The standard InChI is InChI=1S/C11H5Cl3FN/c12-7-2-1-3-8(13)10(7)11-9(14)4-6(15)5-16-11/h1-5H. The van der Waals surface area contributed by atoms with Crippen molar-refractivity contribution in [2.45, 2.75) is 0 Å². The third kappa shape index (κ3) is 2.14. The van der Waals surface area contributed by atoms with Crippen LogP contribution in [0.15, 0.2) is 30.5 Å². The Morgan fingerprint density at radius 2 is 1.62 bits per heavy atom. The number of benzene rings is 1. The molecule has 0 atom stereocenters. The van der Waals surface area contributed by atoms with E-state index >= 15 is 0 Å². The lowest BCUT2D eigenvalue weighted by molar-refractivity contribution is 0.622. The summed E-state index contributed by atoms with van der Waals surface area (Å²) in [5.41, 5.74) is 0.884. The maximum Gasteiger partial charge on any atom is 0.143 e. The molecule has 16 heavy (non-hydrogen) atoms. The van der Waals surface area contributed by atoms with Crippen molar-refractivity contribution in [2.24, 2.45) is 0 Å². The molecule has 2 rings (SSSR count). The molecule has 5 heteroatoms. The maximum absolute atomic E-state index is 12.9. The van der Waals surface area contributed by atoms with Crippen LogP contribution in [-0.2, 0) is 0 Å². The molecule has 1 nitrogen and oxygen atoms in total. The second kappa shape index (κ2) is 4.58. The van der Waals surface area contributed by atoms with Crippen LogP contribution in [0.4, 0.5) is 4.39 Å². The van der Waals surface area contributed by atoms with Gasteiger partial charge in [-0.2, -0.15) is 0 Å². The van der Waals surface area contributed by atoms with Crippen molar-refractivity contribution in [1.82, 2.24) is 4.98 Å². The lowest BCUT2D eigenvalue weighted by Crippen LogP contribution is -1.89. The lowest BCUT2D eigenvalue weighted by atomic mass is 10.1. The summed E-state index contributed by atoms with van der Waals surface area (Å²) in [6, 6.07) is 6.23. The molecule has 1 heterocycles. The van der Waals surface area contributed by atoms with Crippen LogP contribution in [0.2, 0.25) is 15.1 Å². The van der Waals surface area contributed by atoms with Crippen molar-refractivity contribution in [3.63, 3.8) is 0 Å². The van der Waals surface area contributed by atoms with E-state index < -0.39 is 5.82 Å². The van der Waals surface area contributed by atoms with Crippen LogP contribution in [0.25, 0.3) is 11.3 Å². The third-order valence-corrected chi connectivity index (χ3v) is 2.93. The number of aromatic nitrogens is 1. The summed E-state index contributed by atoms with van der Waals surface area (Å²) < 4.78 is 12.9. The first kappa shape index (κ1) is 11.6. The van der Waals surface area contributed by atoms with Crippen LogP contribution < -0.4 is 0 Å². The predicted molar refractivity (Wildman–Crippen MR) is 64.7 cm³/mol. The summed E-state index contributed by atoms with van der Waals surface area (Å²) in [4.78, 5) is 3.89. The molecular weight excluding hydrogens is 271 g/mol. The van der Waals surface area contributed by atoms with Crippen molar-refractivity contribution in [2.75, 3.05) is 0 Å². The first-order valence-electron chi connectivity index (χ1n) is 4.35. The van der Waals surface area contributed by atoms with Gasteiger partial charge in [-0.15, -0.1) is 0 Å². The molecule has 82 valence electrons. The normalized spacial score (nSPS) is 10.5. The summed E-state index contributed by atoms with van der Waals surface area (Å²) in [6.07, 6.45) is 1.07. The SMILES string of the molecule is Fc1cnc(-c2c(Cl)cccc2Cl)c(Cl)c1. The highest BCUT2D eigenvalue weighted by molar-refractivity contribution is 6.40. The van der Waals surface area contributed by atoms with E-state index in [1.54, 1.807) is 18.2 Å². The van der Waals surface area contributed by atoms with E-state index in [9.17, 15) is 4.39 Å². The van der Waals surface area contributed by atoms with Crippen molar-refractivity contribution < 1.29 is 4.39 Å². The van der Waals surface area contributed by atoms with Gasteiger partial charge in [-0.1, -0.05) is 40.9 Å². The largest absolute Gasteiger partial charge is 0.252 e. The average Bonchev–Trinajstić information content (AvgIpc) is 2.20. The zero-order valence-electron chi connectivity index (χ0n) is 7.85. The quantitative estimate of drug-likeness (QED) is 0.725. The Labute approximate surface area is 107 Å². The molecule has 0 saturated carbocycles. The zero-order valence-corrected chi connectivity index (χ0v) is 10.1. The van der Waals surface area contributed by atoms with E-state index in [0.29, 0.717) is 21.3 Å². The minimum absolute atomic E-state index is 0.176. The molecule has 0 fully saturated rings. The Morgan fingerprint density at radius 1 is 1.00 bits per heavy atom. The molecule has 0 radical (unpaired) electrons. The molecule has 1 aromatic heterocycles. The molecule has 0 aliphatic rings. The Bertz CT molecular complexity index is 522. The Hall–Kier alpha value is -0.830. The second-order valence-corrected chi connectivity index (χ2v) is 4.30. The molecule has 0 bridgehead atoms. The summed E-state index contributed by atoms with van der Waals surface area (Å²) in [5, 5.41) is 1.03. The molecule has 0 saturated heterocycles. The van der Waals surface area contributed by atoms with E-state index in [-0.39, 0.29) is 5.02 Å². The van der Waals surface area contributed by atoms with Gasteiger partial charge in [0.05, 0.1) is 27.0 Å². The van der Waals surface area contributed by atoms with Gasteiger partial charge in [0.25, 0.3) is 0 Å². The number of nitrogens with zero attached hydrogens (tertiary/aromatic N) is 1. The van der Waals surface area contributed by atoms with Gasteiger partial charge in [-0.05, 0) is 18.2 Å². The highest BCUT2D eigenvalue weighted by Gasteiger charge is 2.13. The summed E-state index contributed by atoms with van der Waals surface area (Å²) in [5.74, 6) is -0.503. The monoisotopic (exact) mass is 275 g/mol. The molecule has 0 aliphatic carbocycles. The smallest absolute Gasteiger partial charge is 0.143 e. The maximum atomic E-state index is 12.9. The summed E-state index contributed by atoms with van der Waals surface area (Å²) in [7, 11) is 0. The van der Waals surface area contributed by atoms with Gasteiger partial charge >= 0.3 is 0 Å². The highest BCUT2D eigenvalue weighted by atomic mass is 35.5. The van der Waals surface area contributed by atoms with Crippen LogP contribution >= 0.6 is 34.8 Å². The highest BCUT2D eigenvalue weighted by Crippen LogP contribution is 2.36. The minimum Gasteiger partial charge on any atom is -0.252 e. The topological polar surface area (TPSA) is 12.9 Å². The summed E-state index contributed by atoms with van der Waals surface area (Å²) in [6.45, 7) is 0. The van der Waals surface area contributed by atoms with E-state index in [0.717, 1.165) is 6.20 Å². The van der Waals surface area contributed by atoms with Gasteiger partial charge in [0, 0.05) is 5.56 Å². The van der Waals surface area contributed by atoms with Gasteiger partial charge in [0.2, 0.25) is 0 Å². The first-order chi connectivity index (χ1) is 7.59. The van der Waals surface area contributed by atoms with Gasteiger partial charge in [-0.3, -0.25) is 4.98 Å². The van der Waals surface area contributed by atoms with E-state index in [1.165, 1.54) is 6.07 Å². The Morgan fingerprint density at radius 3 is 2.19 bits per heavy atom. The molecule has 0 unspecified atom stereocenters. The fourth-order valence-electron chi connectivity index (χ4n) is 1.32. The zero-order chi connectivity index (χ0) is 11.7. The van der Waals surface area contributed by atoms with E-state index in [2.05, 4.69) is 4.98 Å². The Kier molecular flexibility index (Phi) is 3.33. The van der Waals surface area contributed by atoms with Gasteiger partial charge in [-0.25, -0.2) is 4.39 Å². The number of pyridine rings is 1. The predicted octanol–water partition coefficient (Wildman–Crippen LogP) is 4.85. The molecule has 0 N–H and O–H groups in total. The lowest BCUT2D eigenvalue weighted by Gasteiger charge is -2.07. The van der Waals surface area contributed by atoms with Crippen LogP contribution in [0.3, 0.4) is 0 Å².